The van der Waals surface area contributed by atoms with Gasteiger partial charge in [-0.05, 0) is 30.0 Å². The number of nitrogens with zero attached hydrogens (tertiary/aromatic N) is 3. The molecule has 6 nitrogen and oxygen atoms in total. The molecule has 2 heterocycles. The third kappa shape index (κ3) is 4.10. The Bertz CT molecular complexity index is 1350. The molecular formula is C26H23Cl2F2N3O3. The van der Waals surface area contributed by atoms with Gasteiger partial charge in [-0.15, -0.1) is 0 Å². The molecule has 2 aromatic carbocycles. The minimum Gasteiger partial charge on any atom is -0.480 e. The zero-order chi connectivity index (χ0) is 26.6. The Hall–Kier alpha value is -3.15. The van der Waals surface area contributed by atoms with E-state index < -0.39 is 46.9 Å². The molecule has 1 N–H and O–H groups in total. The molecule has 2 atom stereocenters. The number of halogens is 4. The fourth-order valence-electron chi connectivity index (χ4n) is 5.16. The maximum Gasteiger partial charge on any atom is 0.323 e. The number of nitriles is 1. The van der Waals surface area contributed by atoms with Crippen molar-refractivity contribution in [2.75, 3.05) is 13.2 Å². The number of amides is 1. The van der Waals surface area contributed by atoms with Crippen molar-refractivity contribution in [3.05, 3.63) is 74.9 Å². The van der Waals surface area contributed by atoms with E-state index in [4.69, 9.17) is 23.2 Å². The normalized spacial score (nSPS) is 21.7. The Balaban J connectivity index is 2.12. The van der Waals surface area contributed by atoms with Gasteiger partial charge >= 0.3 is 5.97 Å². The summed E-state index contributed by atoms with van der Waals surface area (Å²) in [6, 6.07) is 9.49. The van der Waals surface area contributed by atoms with Crippen LogP contribution in [0.15, 0.2) is 42.1 Å². The summed E-state index contributed by atoms with van der Waals surface area (Å²) < 4.78 is 31.1. The van der Waals surface area contributed by atoms with Gasteiger partial charge in [0.25, 0.3) is 5.91 Å². The van der Waals surface area contributed by atoms with E-state index in [1.165, 1.54) is 30.3 Å². The van der Waals surface area contributed by atoms with E-state index in [2.05, 4.69) is 6.07 Å². The lowest BCUT2D eigenvalue weighted by Crippen LogP contribution is -2.48. The average molecular weight is 534 g/mol. The van der Waals surface area contributed by atoms with Crippen LogP contribution in [0.4, 0.5) is 8.78 Å². The van der Waals surface area contributed by atoms with E-state index in [9.17, 15) is 20.0 Å². The fraction of sp³-hybridized carbons (Fsp3) is 0.346. The zero-order valence-electron chi connectivity index (χ0n) is 19.8. The van der Waals surface area contributed by atoms with E-state index in [-0.39, 0.29) is 39.1 Å². The Morgan fingerprint density at radius 2 is 1.94 bits per heavy atom. The van der Waals surface area contributed by atoms with Crippen LogP contribution in [0.2, 0.25) is 10.0 Å². The van der Waals surface area contributed by atoms with Crippen molar-refractivity contribution < 1.29 is 23.5 Å². The van der Waals surface area contributed by atoms with Crippen LogP contribution in [0.1, 0.15) is 38.3 Å². The molecule has 0 spiro atoms. The van der Waals surface area contributed by atoms with Crippen LogP contribution in [-0.2, 0) is 15.0 Å². The molecule has 0 aromatic heterocycles. The van der Waals surface area contributed by atoms with Crippen molar-refractivity contribution in [2.45, 2.75) is 38.6 Å². The minimum atomic E-state index is -1.83. The standard InChI is InChI=1S/C26H23Cl2F2N3O3/c1-25(2,3)10-19-26(12-31,16-8-7-14(27)9-18(16)29)21(15-5-4-6-17(28)22(15)30)23-24(36)32(11-20(34)35)13-33(19)23/h4-9,19H,10-11,13H2,1-3H3,(H,34,35)/t19-,26-/m0/s1. The Morgan fingerprint density at radius 1 is 1.25 bits per heavy atom. The molecule has 188 valence electrons. The number of aliphatic carboxylic acids is 1. The number of hydrogen-bond donors (Lipinski definition) is 1. The summed E-state index contributed by atoms with van der Waals surface area (Å²) in [6.45, 7) is 5.06. The molecular weight excluding hydrogens is 511 g/mol. The molecule has 36 heavy (non-hydrogen) atoms. The van der Waals surface area contributed by atoms with Crippen LogP contribution in [0, 0.1) is 28.4 Å². The van der Waals surface area contributed by atoms with E-state index in [0.29, 0.717) is 6.42 Å². The first-order chi connectivity index (χ1) is 16.8. The van der Waals surface area contributed by atoms with E-state index in [0.717, 1.165) is 11.0 Å². The number of hydrogen-bond acceptors (Lipinski definition) is 4. The number of rotatable bonds is 5. The predicted octanol–water partition coefficient (Wildman–Crippen LogP) is 5.45. The highest BCUT2D eigenvalue weighted by Gasteiger charge is 2.61. The number of fused-ring (bicyclic) bond motifs is 1. The van der Waals surface area contributed by atoms with Crippen LogP contribution in [0.3, 0.4) is 0 Å². The lowest BCUT2D eigenvalue weighted by molar-refractivity contribution is -0.142. The number of benzene rings is 2. The SMILES string of the molecule is CC(C)(C)C[C@@H]1N2CN(CC(=O)O)C(=O)C2=C(c2cccc(Cl)c2F)[C@@]1(C#N)c1ccc(Cl)cc1F. The first kappa shape index (κ1) is 25.9. The summed E-state index contributed by atoms with van der Waals surface area (Å²) in [5.41, 5.74) is -2.50. The van der Waals surface area contributed by atoms with E-state index in [1.54, 1.807) is 4.90 Å². The van der Waals surface area contributed by atoms with Crippen LogP contribution in [0.25, 0.3) is 5.57 Å². The second-order valence-electron chi connectivity index (χ2n) is 10.2. The highest BCUT2D eigenvalue weighted by Crippen LogP contribution is 2.56. The molecule has 0 bridgehead atoms. The monoisotopic (exact) mass is 533 g/mol. The summed E-state index contributed by atoms with van der Waals surface area (Å²) in [5.74, 6) is -3.54. The van der Waals surface area contributed by atoms with Crippen LogP contribution in [-0.4, -0.2) is 46.0 Å². The van der Waals surface area contributed by atoms with Crippen molar-refractivity contribution in [3.8, 4) is 6.07 Å². The molecule has 1 saturated heterocycles. The van der Waals surface area contributed by atoms with Crippen molar-refractivity contribution in [1.29, 1.82) is 5.26 Å². The van der Waals surface area contributed by atoms with Gasteiger partial charge in [0, 0.05) is 21.7 Å². The second kappa shape index (κ2) is 9.06. The maximum atomic E-state index is 15.6. The van der Waals surface area contributed by atoms with Gasteiger partial charge in [-0.3, -0.25) is 9.59 Å². The quantitative estimate of drug-likeness (QED) is 0.552. The van der Waals surface area contributed by atoms with Crippen LogP contribution in [0.5, 0.6) is 0 Å². The van der Waals surface area contributed by atoms with Crippen molar-refractivity contribution >= 4 is 40.7 Å². The molecule has 1 fully saturated rings. The Kier molecular flexibility index (Phi) is 6.52. The average Bonchev–Trinajstić information content (AvgIpc) is 3.21. The fourth-order valence-corrected chi connectivity index (χ4v) is 5.50. The maximum absolute atomic E-state index is 15.6. The van der Waals surface area contributed by atoms with Crippen LogP contribution < -0.4 is 0 Å². The lowest BCUT2D eigenvalue weighted by atomic mass is 9.65. The second-order valence-corrected chi connectivity index (χ2v) is 11.0. The topological polar surface area (TPSA) is 84.6 Å². The van der Waals surface area contributed by atoms with Crippen molar-refractivity contribution in [2.24, 2.45) is 5.41 Å². The van der Waals surface area contributed by atoms with Gasteiger partial charge in [0.2, 0.25) is 0 Å². The van der Waals surface area contributed by atoms with E-state index >= 15 is 8.78 Å². The highest BCUT2D eigenvalue weighted by molar-refractivity contribution is 6.31. The molecule has 2 aromatic rings. The molecule has 0 saturated carbocycles. The summed E-state index contributed by atoms with van der Waals surface area (Å²) in [4.78, 5) is 27.7. The first-order valence-corrected chi connectivity index (χ1v) is 11.9. The van der Waals surface area contributed by atoms with Gasteiger partial charge < -0.3 is 14.9 Å². The van der Waals surface area contributed by atoms with Gasteiger partial charge in [0.1, 0.15) is 29.3 Å². The lowest BCUT2D eigenvalue weighted by Gasteiger charge is -2.40. The molecule has 2 aliphatic rings. The molecule has 2 aliphatic heterocycles. The number of carboxylic acid groups (broad SMARTS) is 1. The summed E-state index contributed by atoms with van der Waals surface area (Å²) >= 11 is 12.1. The number of carbonyl (C=O) groups excluding carboxylic acids is 1. The number of carboxylic acids is 1. The summed E-state index contributed by atoms with van der Waals surface area (Å²) in [6.07, 6.45) is 0.298. The van der Waals surface area contributed by atoms with E-state index in [1.807, 2.05) is 20.8 Å². The summed E-state index contributed by atoms with van der Waals surface area (Å²) in [5, 5.41) is 20.0. The molecule has 10 heteroatoms. The van der Waals surface area contributed by atoms with Gasteiger partial charge in [-0.25, -0.2) is 8.78 Å². The molecule has 0 aliphatic carbocycles. The third-order valence-corrected chi connectivity index (χ3v) is 7.02. The summed E-state index contributed by atoms with van der Waals surface area (Å²) in [7, 11) is 0. The Morgan fingerprint density at radius 3 is 2.53 bits per heavy atom. The Labute approximate surface area is 217 Å². The molecule has 0 radical (unpaired) electrons. The largest absolute Gasteiger partial charge is 0.480 e. The smallest absolute Gasteiger partial charge is 0.323 e. The van der Waals surface area contributed by atoms with Crippen molar-refractivity contribution in [3.63, 3.8) is 0 Å². The van der Waals surface area contributed by atoms with Gasteiger partial charge in [0.05, 0.1) is 23.8 Å². The molecule has 0 unspecified atom stereocenters. The number of carbonyl (C=O) groups is 2. The van der Waals surface area contributed by atoms with Gasteiger partial charge in [-0.1, -0.05) is 62.2 Å². The molecule has 1 amide bonds. The third-order valence-electron chi connectivity index (χ3n) is 6.49. The van der Waals surface area contributed by atoms with Crippen molar-refractivity contribution in [1.82, 2.24) is 9.80 Å². The first-order valence-electron chi connectivity index (χ1n) is 11.2. The zero-order valence-corrected chi connectivity index (χ0v) is 21.3. The minimum absolute atomic E-state index is 0.0393. The highest BCUT2D eigenvalue weighted by atomic mass is 35.5. The predicted molar refractivity (Wildman–Crippen MR) is 131 cm³/mol. The van der Waals surface area contributed by atoms with Crippen LogP contribution >= 0.6 is 23.2 Å². The molecule has 4 rings (SSSR count). The van der Waals surface area contributed by atoms with Gasteiger partial charge in [0.15, 0.2) is 0 Å². The van der Waals surface area contributed by atoms with Gasteiger partial charge in [-0.2, -0.15) is 5.26 Å².